The number of aryl methyl sites for hydroxylation is 3. The van der Waals surface area contributed by atoms with Crippen LogP contribution in [0.1, 0.15) is 16.7 Å². The van der Waals surface area contributed by atoms with Gasteiger partial charge in [0.1, 0.15) is 34.5 Å². The number of hydrogen-bond donors (Lipinski definition) is 0. The van der Waals surface area contributed by atoms with Crippen molar-refractivity contribution in [3.63, 3.8) is 0 Å². The summed E-state index contributed by atoms with van der Waals surface area (Å²) in [6.45, 7) is 5.93. The second kappa shape index (κ2) is 10.7. The summed E-state index contributed by atoms with van der Waals surface area (Å²) < 4.78 is 35.6. The van der Waals surface area contributed by atoms with Crippen molar-refractivity contribution < 1.29 is 28.4 Å². The molecule has 0 amide bonds. The standard InChI is InChI=1S/C27H33ClO6Si/c1-16-10-13-19(29-4)25(22(16)32-7)35(28,26-20(30-5)14-11-17(2)23(26)33-8)27-21(31-6)15-12-18(3)24(27)34-9/h10-15H,1-9H3. The molecule has 0 spiro atoms. The minimum atomic E-state index is -3.64. The zero-order valence-corrected chi connectivity index (χ0v) is 23.5. The van der Waals surface area contributed by atoms with Crippen molar-refractivity contribution in [2.45, 2.75) is 20.8 Å². The van der Waals surface area contributed by atoms with Gasteiger partial charge in [-0.1, -0.05) is 18.2 Å². The normalized spacial score (nSPS) is 11.1. The maximum Gasteiger partial charge on any atom is 0.270 e. The maximum atomic E-state index is 8.09. The molecule has 35 heavy (non-hydrogen) atoms. The van der Waals surface area contributed by atoms with Crippen molar-refractivity contribution in [3.05, 3.63) is 53.1 Å². The highest BCUT2D eigenvalue weighted by atomic mass is 35.6. The molecule has 0 fully saturated rings. The van der Waals surface area contributed by atoms with Gasteiger partial charge in [-0.25, -0.2) is 0 Å². The van der Waals surface area contributed by atoms with Gasteiger partial charge in [0.15, 0.2) is 0 Å². The van der Waals surface area contributed by atoms with E-state index in [1.165, 1.54) is 0 Å². The third-order valence-electron chi connectivity index (χ3n) is 6.25. The first-order valence-electron chi connectivity index (χ1n) is 11.1. The minimum absolute atomic E-state index is 0.588. The summed E-state index contributed by atoms with van der Waals surface area (Å²) in [6.07, 6.45) is 0. The van der Waals surface area contributed by atoms with E-state index in [0.29, 0.717) is 50.1 Å². The van der Waals surface area contributed by atoms with Crippen LogP contribution in [0.2, 0.25) is 0 Å². The Hall–Kier alpha value is -3.03. The van der Waals surface area contributed by atoms with Crippen LogP contribution in [0.25, 0.3) is 0 Å². The molecule has 0 N–H and O–H groups in total. The zero-order valence-electron chi connectivity index (χ0n) is 21.8. The Morgan fingerprint density at radius 1 is 0.457 bits per heavy atom. The molecule has 3 aromatic carbocycles. The van der Waals surface area contributed by atoms with Crippen LogP contribution < -0.4 is 44.0 Å². The lowest BCUT2D eigenvalue weighted by Crippen LogP contribution is -2.64. The Balaban J connectivity index is 2.74. The molecule has 0 heterocycles. The molecule has 0 radical (unpaired) electrons. The van der Waals surface area contributed by atoms with Gasteiger partial charge in [-0.05, 0) is 55.7 Å². The molecule has 0 aliphatic rings. The smallest absolute Gasteiger partial charge is 0.270 e. The quantitative estimate of drug-likeness (QED) is 0.244. The van der Waals surface area contributed by atoms with E-state index in [9.17, 15) is 0 Å². The van der Waals surface area contributed by atoms with Crippen LogP contribution in [0.15, 0.2) is 36.4 Å². The van der Waals surface area contributed by atoms with Gasteiger partial charge in [0.25, 0.3) is 7.38 Å². The summed E-state index contributed by atoms with van der Waals surface area (Å²) >= 11 is 8.09. The molecule has 3 rings (SSSR count). The van der Waals surface area contributed by atoms with Crippen molar-refractivity contribution in [3.8, 4) is 34.5 Å². The fourth-order valence-corrected chi connectivity index (χ4v) is 10.4. The van der Waals surface area contributed by atoms with Crippen molar-refractivity contribution in [1.29, 1.82) is 0 Å². The first kappa shape index (κ1) is 26.6. The average Bonchev–Trinajstić information content (AvgIpc) is 2.87. The van der Waals surface area contributed by atoms with Gasteiger partial charge in [0.05, 0.1) is 42.7 Å². The van der Waals surface area contributed by atoms with Crippen LogP contribution in [-0.2, 0) is 0 Å². The molecule has 3 aromatic rings. The Kier molecular flexibility index (Phi) is 8.13. The van der Waals surface area contributed by atoms with Crippen LogP contribution in [-0.4, -0.2) is 50.0 Å². The third-order valence-corrected chi connectivity index (χ3v) is 11.4. The maximum absolute atomic E-state index is 8.09. The van der Waals surface area contributed by atoms with E-state index in [1.807, 2.05) is 57.2 Å². The van der Waals surface area contributed by atoms with Crippen molar-refractivity contribution in [2.75, 3.05) is 42.7 Å². The summed E-state index contributed by atoms with van der Waals surface area (Å²) in [7, 11) is 6.11. The van der Waals surface area contributed by atoms with E-state index >= 15 is 0 Å². The van der Waals surface area contributed by atoms with Gasteiger partial charge >= 0.3 is 0 Å². The van der Waals surface area contributed by atoms with Crippen molar-refractivity contribution in [2.24, 2.45) is 0 Å². The first-order valence-corrected chi connectivity index (χ1v) is 14.1. The molecule has 0 saturated carbocycles. The van der Waals surface area contributed by atoms with Gasteiger partial charge in [-0.2, -0.15) is 0 Å². The van der Waals surface area contributed by atoms with Crippen LogP contribution in [0.4, 0.5) is 0 Å². The first-order chi connectivity index (χ1) is 16.7. The molecule has 0 saturated heterocycles. The Bertz CT molecular complexity index is 1080. The van der Waals surface area contributed by atoms with E-state index in [1.54, 1.807) is 42.7 Å². The average molecular weight is 517 g/mol. The highest BCUT2D eigenvalue weighted by molar-refractivity contribution is 7.41. The molecule has 0 bridgehead atoms. The largest absolute Gasteiger partial charge is 0.497 e. The highest BCUT2D eigenvalue weighted by Crippen LogP contribution is 2.38. The molecule has 0 aliphatic carbocycles. The Labute approximate surface area is 213 Å². The SMILES string of the molecule is COc1ccc(C)c(OC)c1[Si](Cl)(c1c(OC)ccc(C)c1OC)c1c(OC)ccc(C)c1OC. The van der Waals surface area contributed by atoms with E-state index in [0.717, 1.165) is 16.7 Å². The molecule has 0 atom stereocenters. The van der Waals surface area contributed by atoms with Gasteiger partial charge < -0.3 is 28.4 Å². The lowest BCUT2D eigenvalue weighted by Gasteiger charge is -2.34. The number of rotatable bonds is 9. The van der Waals surface area contributed by atoms with E-state index in [-0.39, 0.29) is 0 Å². The molecule has 0 aromatic heterocycles. The van der Waals surface area contributed by atoms with Gasteiger partial charge in [-0.3, -0.25) is 0 Å². The predicted octanol–water partition coefficient (Wildman–Crippen LogP) is 3.87. The van der Waals surface area contributed by atoms with Crippen molar-refractivity contribution in [1.82, 2.24) is 0 Å². The van der Waals surface area contributed by atoms with Gasteiger partial charge in [0, 0.05) is 15.6 Å². The molecular weight excluding hydrogens is 484 g/mol. The summed E-state index contributed by atoms with van der Waals surface area (Å²) in [5.74, 6) is 3.65. The van der Waals surface area contributed by atoms with Gasteiger partial charge in [0.2, 0.25) is 0 Å². The predicted molar refractivity (Wildman–Crippen MR) is 143 cm³/mol. The monoisotopic (exact) mass is 516 g/mol. The summed E-state index contributed by atoms with van der Waals surface area (Å²) in [5.41, 5.74) is 2.74. The highest BCUT2D eigenvalue weighted by Gasteiger charge is 2.51. The molecule has 0 unspecified atom stereocenters. The number of halogens is 1. The van der Waals surface area contributed by atoms with Crippen LogP contribution in [0.5, 0.6) is 34.5 Å². The second-order valence-corrected chi connectivity index (χ2v) is 12.7. The van der Waals surface area contributed by atoms with Crippen LogP contribution in [0.3, 0.4) is 0 Å². The molecule has 0 aliphatic heterocycles. The lowest BCUT2D eigenvalue weighted by atomic mass is 10.2. The summed E-state index contributed by atoms with van der Waals surface area (Å²) in [4.78, 5) is 0. The molecule has 8 heteroatoms. The second-order valence-electron chi connectivity index (χ2n) is 8.14. The number of benzene rings is 3. The third kappa shape index (κ3) is 4.27. The van der Waals surface area contributed by atoms with E-state index < -0.39 is 7.38 Å². The fraction of sp³-hybridized carbons (Fsp3) is 0.333. The van der Waals surface area contributed by atoms with Crippen LogP contribution in [0, 0.1) is 20.8 Å². The van der Waals surface area contributed by atoms with Crippen LogP contribution >= 0.6 is 11.1 Å². The van der Waals surface area contributed by atoms with Gasteiger partial charge in [-0.15, -0.1) is 11.1 Å². The molecular formula is C27H33ClO6Si. The number of hydrogen-bond acceptors (Lipinski definition) is 6. The van der Waals surface area contributed by atoms with Crippen molar-refractivity contribution >= 4 is 34.0 Å². The van der Waals surface area contributed by atoms with E-state index in [4.69, 9.17) is 39.5 Å². The molecule has 6 nitrogen and oxygen atoms in total. The summed E-state index contributed by atoms with van der Waals surface area (Å²) in [6, 6.07) is 11.6. The minimum Gasteiger partial charge on any atom is -0.497 e. The number of methoxy groups -OCH3 is 6. The lowest BCUT2D eigenvalue weighted by molar-refractivity contribution is 0.394. The topological polar surface area (TPSA) is 55.4 Å². The Morgan fingerprint density at radius 3 is 0.914 bits per heavy atom. The fourth-order valence-electron chi connectivity index (χ4n) is 4.66. The summed E-state index contributed by atoms with van der Waals surface area (Å²) in [5, 5.41) is 2.15. The molecule has 188 valence electrons. The Morgan fingerprint density at radius 2 is 0.714 bits per heavy atom. The zero-order chi connectivity index (χ0) is 25.9. The van der Waals surface area contributed by atoms with E-state index in [2.05, 4.69) is 0 Å². The number of ether oxygens (including phenoxy) is 6.